The van der Waals surface area contributed by atoms with Crippen molar-refractivity contribution < 1.29 is 24.1 Å². The Labute approximate surface area is 190 Å². The van der Waals surface area contributed by atoms with Gasteiger partial charge >= 0.3 is 5.97 Å². The lowest BCUT2D eigenvalue weighted by Crippen LogP contribution is -2.52. The molecule has 5 nitrogen and oxygen atoms in total. The van der Waals surface area contributed by atoms with E-state index in [9.17, 15) is 9.90 Å². The summed E-state index contributed by atoms with van der Waals surface area (Å²) in [5.41, 5.74) is 2.81. The van der Waals surface area contributed by atoms with E-state index in [-0.39, 0.29) is 18.1 Å². The lowest BCUT2D eigenvalue weighted by atomic mass is 9.71. The second-order valence-corrected chi connectivity index (χ2v) is 9.36. The van der Waals surface area contributed by atoms with Crippen LogP contribution in [0.3, 0.4) is 0 Å². The fraction of sp³-hybridized carbons (Fsp3) is 0.519. The predicted octanol–water partition coefficient (Wildman–Crippen LogP) is 5.60. The molecule has 0 aliphatic carbocycles. The van der Waals surface area contributed by atoms with E-state index in [0.717, 1.165) is 29.0 Å². The van der Waals surface area contributed by atoms with Gasteiger partial charge < -0.3 is 19.3 Å². The SMILES string of the molecule is CCOc1ccccc1CC[C@@H]1O[C@@H]2c3cccc(CC)c3OC(C)(C)[C@H]2C[C@@H]1C(=O)O. The van der Waals surface area contributed by atoms with Crippen LogP contribution in [0.5, 0.6) is 11.5 Å². The molecule has 2 aromatic carbocycles. The molecule has 5 heteroatoms. The highest BCUT2D eigenvalue weighted by Gasteiger charge is 2.52. The largest absolute Gasteiger partial charge is 0.494 e. The van der Waals surface area contributed by atoms with Gasteiger partial charge in [-0.15, -0.1) is 0 Å². The molecule has 32 heavy (non-hydrogen) atoms. The highest BCUT2D eigenvalue weighted by molar-refractivity contribution is 5.71. The molecule has 4 atom stereocenters. The van der Waals surface area contributed by atoms with Gasteiger partial charge in [-0.05, 0) is 63.6 Å². The Balaban J connectivity index is 1.63. The summed E-state index contributed by atoms with van der Waals surface area (Å²) in [5, 5.41) is 10.0. The molecule has 1 saturated heterocycles. The molecular formula is C27H34O5. The average molecular weight is 439 g/mol. The topological polar surface area (TPSA) is 65.0 Å². The van der Waals surface area contributed by atoms with Crippen molar-refractivity contribution in [2.45, 2.75) is 71.2 Å². The number of benzene rings is 2. The van der Waals surface area contributed by atoms with E-state index in [1.54, 1.807) is 0 Å². The maximum atomic E-state index is 12.2. The summed E-state index contributed by atoms with van der Waals surface area (Å²) in [4.78, 5) is 12.2. The summed E-state index contributed by atoms with van der Waals surface area (Å²) in [6.45, 7) is 8.81. The zero-order valence-electron chi connectivity index (χ0n) is 19.5. The molecule has 4 rings (SSSR count). The Kier molecular flexibility index (Phi) is 6.47. The Morgan fingerprint density at radius 3 is 2.59 bits per heavy atom. The van der Waals surface area contributed by atoms with E-state index < -0.39 is 17.5 Å². The zero-order chi connectivity index (χ0) is 22.9. The van der Waals surface area contributed by atoms with Crippen LogP contribution in [0, 0.1) is 11.8 Å². The Bertz CT molecular complexity index is 966. The Hall–Kier alpha value is -2.53. The van der Waals surface area contributed by atoms with E-state index in [2.05, 4.69) is 39.0 Å². The lowest BCUT2D eigenvalue weighted by molar-refractivity contribution is -0.188. The molecule has 0 aromatic heterocycles. The van der Waals surface area contributed by atoms with Crippen molar-refractivity contribution in [3.63, 3.8) is 0 Å². The molecule has 2 aliphatic heterocycles. The number of aryl methyl sites for hydroxylation is 2. The molecule has 0 radical (unpaired) electrons. The van der Waals surface area contributed by atoms with Crippen LogP contribution in [0.25, 0.3) is 0 Å². The number of para-hydroxylation sites is 2. The van der Waals surface area contributed by atoms with Crippen molar-refractivity contribution in [2.24, 2.45) is 11.8 Å². The maximum absolute atomic E-state index is 12.2. The van der Waals surface area contributed by atoms with Crippen LogP contribution in [0.2, 0.25) is 0 Å². The molecule has 0 unspecified atom stereocenters. The molecule has 0 bridgehead atoms. The van der Waals surface area contributed by atoms with Gasteiger partial charge in [-0.3, -0.25) is 4.79 Å². The van der Waals surface area contributed by atoms with Crippen LogP contribution >= 0.6 is 0 Å². The summed E-state index contributed by atoms with van der Waals surface area (Å²) in [5.74, 6) is 0.399. The fourth-order valence-corrected chi connectivity index (χ4v) is 5.27. The van der Waals surface area contributed by atoms with Gasteiger partial charge in [0.2, 0.25) is 0 Å². The second kappa shape index (κ2) is 9.14. The molecule has 2 heterocycles. The van der Waals surface area contributed by atoms with E-state index in [4.69, 9.17) is 14.2 Å². The van der Waals surface area contributed by atoms with Crippen molar-refractivity contribution in [2.75, 3.05) is 6.61 Å². The minimum absolute atomic E-state index is 0.0184. The summed E-state index contributed by atoms with van der Waals surface area (Å²) in [6.07, 6.45) is 2.24. The molecule has 0 saturated carbocycles. The van der Waals surface area contributed by atoms with Crippen molar-refractivity contribution in [1.29, 1.82) is 0 Å². The van der Waals surface area contributed by atoms with Crippen LogP contribution in [-0.2, 0) is 22.4 Å². The van der Waals surface area contributed by atoms with Crippen LogP contribution in [0.15, 0.2) is 42.5 Å². The monoisotopic (exact) mass is 438 g/mol. The first-order chi connectivity index (χ1) is 15.4. The summed E-state index contributed by atoms with van der Waals surface area (Å²) in [7, 11) is 0. The average Bonchev–Trinajstić information content (AvgIpc) is 2.77. The first kappa shape index (κ1) is 22.7. The van der Waals surface area contributed by atoms with Crippen molar-refractivity contribution in [3.8, 4) is 11.5 Å². The quantitative estimate of drug-likeness (QED) is 0.610. The number of ether oxygens (including phenoxy) is 3. The van der Waals surface area contributed by atoms with Crippen LogP contribution in [0.4, 0.5) is 0 Å². The molecule has 172 valence electrons. The van der Waals surface area contributed by atoms with Crippen LogP contribution in [-0.4, -0.2) is 29.4 Å². The number of fused-ring (bicyclic) bond motifs is 3. The minimum Gasteiger partial charge on any atom is -0.494 e. The molecule has 0 amide bonds. The zero-order valence-corrected chi connectivity index (χ0v) is 19.5. The highest BCUT2D eigenvalue weighted by Crippen LogP contribution is 2.53. The molecule has 1 N–H and O–H groups in total. The number of hydrogen-bond donors (Lipinski definition) is 1. The lowest BCUT2D eigenvalue weighted by Gasteiger charge is -2.50. The van der Waals surface area contributed by atoms with Crippen molar-refractivity contribution >= 4 is 5.97 Å². The van der Waals surface area contributed by atoms with Crippen molar-refractivity contribution in [3.05, 3.63) is 59.2 Å². The first-order valence-corrected chi connectivity index (χ1v) is 11.8. The van der Waals surface area contributed by atoms with E-state index >= 15 is 0 Å². The van der Waals surface area contributed by atoms with E-state index in [1.807, 2.05) is 31.2 Å². The third-order valence-electron chi connectivity index (χ3n) is 7.00. The van der Waals surface area contributed by atoms with Gasteiger partial charge in [-0.1, -0.05) is 43.3 Å². The smallest absolute Gasteiger partial charge is 0.309 e. The Morgan fingerprint density at radius 1 is 1.12 bits per heavy atom. The number of hydrogen-bond acceptors (Lipinski definition) is 4. The number of carboxylic acids is 1. The number of aliphatic carboxylic acids is 1. The number of rotatable bonds is 7. The molecule has 1 fully saturated rings. The maximum Gasteiger partial charge on any atom is 0.309 e. The summed E-state index contributed by atoms with van der Waals surface area (Å²) < 4.78 is 18.9. The van der Waals surface area contributed by atoms with Crippen LogP contribution in [0.1, 0.15) is 63.3 Å². The minimum atomic E-state index is -0.796. The van der Waals surface area contributed by atoms with Gasteiger partial charge in [0.25, 0.3) is 0 Å². The summed E-state index contributed by atoms with van der Waals surface area (Å²) >= 11 is 0. The van der Waals surface area contributed by atoms with Gasteiger partial charge in [0.15, 0.2) is 0 Å². The van der Waals surface area contributed by atoms with Crippen molar-refractivity contribution in [1.82, 2.24) is 0 Å². The fourth-order valence-electron chi connectivity index (χ4n) is 5.27. The summed E-state index contributed by atoms with van der Waals surface area (Å²) in [6, 6.07) is 14.2. The number of carboxylic acid groups (broad SMARTS) is 1. The van der Waals surface area contributed by atoms with Crippen LogP contribution < -0.4 is 9.47 Å². The van der Waals surface area contributed by atoms with Gasteiger partial charge in [0.05, 0.1) is 24.7 Å². The third kappa shape index (κ3) is 4.23. The molecular weight excluding hydrogens is 404 g/mol. The normalized spacial score (nSPS) is 25.9. The van der Waals surface area contributed by atoms with Gasteiger partial charge in [0, 0.05) is 11.5 Å². The Morgan fingerprint density at radius 2 is 1.88 bits per heavy atom. The standard InChI is InChI=1S/C27H34O5/c1-5-17-11-9-12-19-24(17)32-27(3,4)21-16-20(26(28)29)23(31-25(19)21)15-14-18-10-7-8-13-22(18)30-6-2/h7-13,20-21,23,25H,5-6,14-16H2,1-4H3,(H,28,29)/t20-,21-,23-,25+/m0/s1. The van der Waals surface area contributed by atoms with E-state index in [0.29, 0.717) is 25.9 Å². The van der Waals surface area contributed by atoms with Gasteiger partial charge in [0.1, 0.15) is 17.1 Å². The number of carbonyl (C=O) groups is 1. The van der Waals surface area contributed by atoms with Gasteiger partial charge in [-0.2, -0.15) is 0 Å². The predicted molar refractivity (Wildman–Crippen MR) is 123 cm³/mol. The van der Waals surface area contributed by atoms with Gasteiger partial charge in [-0.25, -0.2) is 0 Å². The third-order valence-corrected chi connectivity index (χ3v) is 7.00. The second-order valence-electron chi connectivity index (χ2n) is 9.36. The van der Waals surface area contributed by atoms with E-state index in [1.165, 1.54) is 5.56 Å². The molecule has 2 aliphatic rings. The molecule has 2 aromatic rings. The highest BCUT2D eigenvalue weighted by atomic mass is 16.5. The first-order valence-electron chi connectivity index (χ1n) is 11.8. The molecule has 0 spiro atoms.